The molecule has 134 valence electrons. The number of nitro groups is 1. The summed E-state index contributed by atoms with van der Waals surface area (Å²) in [6.45, 7) is 3.61. The van der Waals surface area contributed by atoms with Crippen LogP contribution < -0.4 is 5.32 Å². The van der Waals surface area contributed by atoms with Crippen LogP contribution in [0.4, 0.5) is 30.2 Å². The van der Waals surface area contributed by atoms with Crippen molar-refractivity contribution in [2.75, 3.05) is 5.32 Å². The number of hydrogen-bond acceptors (Lipinski definition) is 5. The molecule has 0 saturated heterocycles. The number of aryl methyl sites for hydroxylation is 2. The van der Waals surface area contributed by atoms with Crippen molar-refractivity contribution in [3.05, 3.63) is 57.6 Å². The van der Waals surface area contributed by atoms with Crippen LogP contribution in [-0.4, -0.2) is 18.8 Å². The second kappa shape index (κ2) is 6.36. The van der Waals surface area contributed by atoms with E-state index in [0.717, 1.165) is 17.2 Å². The molecule has 0 fully saturated rings. The quantitative estimate of drug-likeness (QED) is 0.638. The lowest BCUT2D eigenvalue weighted by molar-refractivity contribution is -0.384. The minimum Gasteiger partial charge on any atom is -0.350 e. The lowest BCUT2D eigenvalue weighted by Crippen LogP contribution is -2.23. The first-order valence-corrected chi connectivity index (χ1v) is 8.36. The standard InChI is InChI=1S/C15H13F3N2O4S/c1-9-3-5-12(10(2)7-9)19-13-6-4-11(8-14(13)20(21)22)25(23,24)15(16,17)18/h3-8,19H,1-2H3. The summed E-state index contributed by atoms with van der Waals surface area (Å²) in [7, 11) is -5.67. The predicted octanol–water partition coefficient (Wildman–Crippen LogP) is 4.25. The molecule has 0 atom stereocenters. The maximum absolute atomic E-state index is 12.6. The Morgan fingerprint density at radius 2 is 1.64 bits per heavy atom. The van der Waals surface area contributed by atoms with Gasteiger partial charge in [-0.05, 0) is 37.6 Å². The smallest absolute Gasteiger partial charge is 0.350 e. The van der Waals surface area contributed by atoms with Crippen LogP contribution in [0.15, 0.2) is 41.3 Å². The van der Waals surface area contributed by atoms with Crippen molar-refractivity contribution in [1.29, 1.82) is 0 Å². The van der Waals surface area contributed by atoms with Crippen LogP contribution in [0.2, 0.25) is 0 Å². The highest BCUT2D eigenvalue weighted by molar-refractivity contribution is 7.92. The van der Waals surface area contributed by atoms with Crippen LogP contribution in [0.5, 0.6) is 0 Å². The monoisotopic (exact) mass is 374 g/mol. The van der Waals surface area contributed by atoms with Gasteiger partial charge in [0.15, 0.2) is 0 Å². The predicted molar refractivity (Wildman–Crippen MR) is 85.5 cm³/mol. The number of rotatable bonds is 4. The summed E-state index contributed by atoms with van der Waals surface area (Å²) in [6, 6.07) is 7.25. The fourth-order valence-electron chi connectivity index (χ4n) is 2.17. The van der Waals surface area contributed by atoms with Crippen LogP contribution in [0.1, 0.15) is 11.1 Å². The Kier molecular flexibility index (Phi) is 4.76. The van der Waals surface area contributed by atoms with Gasteiger partial charge in [0.2, 0.25) is 0 Å². The first kappa shape index (κ1) is 18.7. The van der Waals surface area contributed by atoms with Gasteiger partial charge in [0.05, 0.1) is 9.82 Å². The van der Waals surface area contributed by atoms with Crippen molar-refractivity contribution in [3.8, 4) is 0 Å². The number of sulfone groups is 1. The van der Waals surface area contributed by atoms with Gasteiger partial charge >= 0.3 is 5.51 Å². The maximum atomic E-state index is 12.6. The molecule has 0 amide bonds. The molecule has 2 aromatic carbocycles. The second-order valence-corrected chi connectivity index (χ2v) is 7.27. The Balaban J connectivity index is 2.52. The van der Waals surface area contributed by atoms with E-state index in [2.05, 4.69) is 5.32 Å². The molecular weight excluding hydrogens is 361 g/mol. The topological polar surface area (TPSA) is 89.3 Å². The van der Waals surface area contributed by atoms with Gasteiger partial charge in [0.1, 0.15) is 5.69 Å². The molecule has 25 heavy (non-hydrogen) atoms. The van der Waals surface area contributed by atoms with E-state index in [0.29, 0.717) is 17.8 Å². The van der Waals surface area contributed by atoms with Crippen LogP contribution in [-0.2, 0) is 9.84 Å². The third kappa shape index (κ3) is 3.73. The zero-order chi connectivity index (χ0) is 19.0. The van der Waals surface area contributed by atoms with E-state index < -0.39 is 30.9 Å². The number of halogens is 3. The number of benzene rings is 2. The highest BCUT2D eigenvalue weighted by Gasteiger charge is 2.47. The van der Waals surface area contributed by atoms with Gasteiger partial charge in [-0.1, -0.05) is 17.7 Å². The van der Waals surface area contributed by atoms with Crippen molar-refractivity contribution in [2.45, 2.75) is 24.3 Å². The van der Waals surface area contributed by atoms with E-state index in [1.807, 2.05) is 13.0 Å². The van der Waals surface area contributed by atoms with Crippen molar-refractivity contribution in [1.82, 2.24) is 0 Å². The Morgan fingerprint density at radius 1 is 1.04 bits per heavy atom. The van der Waals surface area contributed by atoms with E-state index in [1.165, 1.54) is 0 Å². The van der Waals surface area contributed by atoms with E-state index in [1.54, 1.807) is 19.1 Å². The molecule has 2 rings (SSSR count). The minimum atomic E-state index is -5.67. The first-order chi connectivity index (χ1) is 11.4. The van der Waals surface area contributed by atoms with Gasteiger partial charge in [-0.3, -0.25) is 10.1 Å². The summed E-state index contributed by atoms with van der Waals surface area (Å²) in [5.74, 6) is 0. The highest BCUT2D eigenvalue weighted by atomic mass is 32.2. The molecule has 0 aliphatic carbocycles. The Morgan fingerprint density at radius 3 is 2.16 bits per heavy atom. The fourth-order valence-corrected chi connectivity index (χ4v) is 2.95. The lowest BCUT2D eigenvalue weighted by atomic mass is 10.1. The van der Waals surface area contributed by atoms with Crippen LogP contribution >= 0.6 is 0 Å². The van der Waals surface area contributed by atoms with E-state index in [-0.39, 0.29) is 5.69 Å². The van der Waals surface area contributed by atoms with Gasteiger partial charge in [-0.2, -0.15) is 13.2 Å². The molecule has 0 saturated carbocycles. The number of nitrogens with one attached hydrogen (secondary N) is 1. The number of nitrogens with zero attached hydrogens (tertiary/aromatic N) is 1. The zero-order valence-electron chi connectivity index (χ0n) is 13.1. The van der Waals surface area contributed by atoms with Gasteiger partial charge in [-0.25, -0.2) is 8.42 Å². The average Bonchev–Trinajstić information content (AvgIpc) is 2.48. The molecule has 0 unspecified atom stereocenters. The van der Waals surface area contributed by atoms with Crippen molar-refractivity contribution in [2.24, 2.45) is 0 Å². The molecule has 0 spiro atoms. The molecule has 0 aromatic heterocycles. The fraction of sp³-hybridized carbons (Fsp3) is 0.200. The van der Waals surface area contributed by atoms with Gasteiger partial charge in [0.25, 0.3) is 15.5 Å². The molecule has 6 nitrogen and oxygen atoms in total. The molecule has 0 aliphatic heterocycles. The van der Waals surface area contributed by atoms with Crippen molar-refractivity contribution in [3.63, 3.8) is 0 Å². The number of anilines is 2. The first-order valence-electron chi connectivity index (χ1n) is 6.87. The highest BCUT2D eigenvalue weighted by Crippen LogP contribution is 2.36. The number of hydrogen-bond donors (Lipinski definition) is 1. The van der Waals surface area contributed by atoms with E-state index in [4.69, 9.17) is 0 Å². The maximum Gasteiger partial charge on any atom is 0.501 e. The largest absolute Gasteiger partial charge is 0.501 e. The molecule has 0 bridgehead atoms. The van der Waals surface area contributed by atoms with Crippen LogP contribution in [0.3, 0.4) is 0 Å². The summed E-state index contributed by atoms with van der Waals surface area (Å²) >= 11 is 0. The molecule has 1 N–H and O–H groups in total. The Bertz CT molecular complexity index is 940. The van der Waals surface area contributed by atoms with Gasteiger partial charge in [-0.15, -0.1) is 0 Å². The Hall–Kier alpha value is -2.62. The summed E-state index contributed by atoms with van der Waals surface area (Å²) in [5.41, 5.74) is -4.18. The molecular formula is C15H13F3N2O4S. The molecule has 0 heterocycles. The van der Waals surface area contributed by atoms with E-state index >= 15 is 0 Å². The number of nitro benzene ring substituents is 1. The normalized spacial score (nSPS) is 12.0. The minimum absolute atomic E-state index is 0.113. The van der Waals surface area contributed by atoms with Gasteiger partial charge < -0.3 is 5.32 Å². The van der Waals surface area contributed by atoms with Crippen molar-refractivity contribution < 1.29 is 26.5 Å². The summed E-state index contributed by atoms with van der Waals surface area (Å²) < 4.78 is 60.7. The van der Waals surface area contributed by atoms with Crippen LogP contribution in [0.25, 0.3) is 0 Å². The van der Waals surface area contributed by atoms with E-state index in [9.17, 15) is 31.7 Å². The summed E-state index contributed by atoms with van der Waals surface area (Å²) in [4.78, 5) is 9.04. The lowest BCUT2D eigenvalue weighted by Gasteiger charge is -2.12. The zero-order valence-corrected chi connectivity index (χ0v) is 13.9. The molecule has 0 aliphatic rings. The van der Waals surface area contributed by atoms with Gasteiger partial charge in [0, 0.05) is 11.8 Å². The average molecular weight is 374 g/mol. The van der Waals surface area contributed by atoms with Crippen molar-refractivity contribution >= 4 is 26.9 Å². The molecule has 2 aromatic rings. The third-order valence-electron chi connectivity index (χ3n) is 3.43. The third-order valence-corrected chi connectivity index (χ3v) is 4.92. The molecule has 10 heteroatoms. The molecule has 0 radical (unpaired) electrons. The Labute approximate surface area is 141 Å². The van der Waals surface area contributed by atoms with Crippen LogP contribution in [0, 0.1) is 24.0 Å². The summed E-state index contributed by atoms with van der Waals surface area (Å²) in [6.07, 6.45) is 0. The SMILES string of the molecule is Cc1ccc(Nc2ccc(S(=O)(=O)C(F)(F)F)cc2[N+](=O)[O-])c(C)c1. The second-order valence-electron chi connectivity index (χ2n) is 5.33. The number of alkyl halides is 3. The summed E-state index contributed by atoms with van der Waals surface area (Å²) in [5, 5.41) is 13.9.